The van der Waals surface area contributed by atoms with Crippen molar-refractivity contribution < 1.29 is 14.3 Å². The van der Waals surface area contributed by atoms with Crippen LogP contribution in [0.3, 0.4) is 0 Å². The first kappa shape index (κ1) is 14.7. The van der Waals surface area contributed by atoms with Crippen molar-refractivity contribution in [3.8, 4) is 11.5 Å². The van der Waals surface area contributed by atoms with E-state index in [1.54, 1.807) is 18.2 Å². The molecular weight excluding hydrogens is 254 g/mol. The van der Waals surface area contributed by atoms with Gasteiger partial charge in [0.15, 0.2) is 11.5 Å². The highest BCUT2D eigenvalue weighted by Crippen LogP contribution is 2.32. The number of rotatable bonds is 7. The van der Waals surface area contributed by atoms with Crippen molar-refractivity contribution in [2.24, 2.45) is 5.92 Å². The molecule has 1 heterocycles. The SMILES string of the molecule is CCCC[C@H](CC)CNC(=O)c1ccc2c(c1)OCO2. The third-order valence-corrected chi connectivity index (χ3v) is 3.73. The highest BCUT2D eigenvalue weighted by atomic mass is 16.7. The molecule has 1 N–H and O–H groups in total. The summed E-state index contributed by atoms with van der Waals surface area (Å²) >= 11 is 0. The molecule has 1 aromatic rings. The number of amides is 1. The number of ether oxygens (including phenoxy) is 2. The average molecular weight is 277 g/mol. The molecule has 1 aliphatic heterocycles. The molecule has 0 fully saturated rings. The summed E-state index contributed by atoms with van der Waals surface area (Å²) in [5.74, 6) is 1.87. The molecule has 0 unspecified atom stereocenters. The van der Waals surface area contributed by atoms with E-state index in [2.05, 4.69) is 19.2 Å². The van der Waals surface area contributed by atoms with Crippen LogP contribution in [-0.2, 0) is 0 Å². The van der Waals surface area contributed by atoms with Crippen LogP contribution in [0.4, 0.5) is 0 Å². The summed E-state index contributed by atoms with van der Waals surface area (Å²) in [5.41, 5.74) is 0.625. The van der Waals surface area contributed by atoms with Gasteiger partial charge in [-0.3, -0.25) is 4.79 Å². The summed E-state index contributed by atoms with van der Waals surface area (Å²) in [6, 6.07) is 5.30. The topological polar surface area (TPSA) is 47.6 Å². The van der Waals surface area contributed by atoms with Crippen LogP contribution in [-0.4, -0.2) is 19.2 Å². The van der Waals surface area contributed by atoms with Gasteiger partial charge in [-0.2, -0.15) is 0 Å². The molecule has 1 aliphatic rings. The summed E-state index contributed by atoms with van der Waals surface area (Å²) in [5, 5.41) is 3.01. The van der Waals surface area contributed by atoms with Crippen LogP contribution in [0.15, 0.2) is 18.2 Å². The molecule has 1 aromatic carbocycles. The fourth-order valence-electron chi connectivity index (χ4n) is 2.32. The highest BCUT2D eigenvalue weighted by molar-refractivity contribution is 5.94. The van der Waals surface area contributed by atoms with Crippen LogP contribution in [0.25, 0.3) is 0 Å². The third-order valence-electron chi connectivity index (χ3n) is 3.73. The maximum absolute atomic E-state index is 12.1. The largest absolute Gasteiger partial charge is 0.454 e. The first-order chi connectivity index (χ1) is 9.74. The molecule has 1 amide bonds. The molecule has 20 heavy (non-hydrogen) atoms. The molecule has 2 rings (SSSR count). The number of benzene rings is 1. The Bertz CT molecular complexity index is 459. The number of hydrogen-bond donors (Lipinski definition) is 1. The van der Waals surface area contributed by atoms with Crippen LogP contribution in [0.1, 0.15) is 49.9 Å². The maximum Gasteiger partial charge on any atom is 0.251 e. The summed E-state index contributed by atoms with van der Waals surface area (Å²) in [6.45, 7) is 5.34. The van der Waals surface area contributed by atoms with Crippen molar-refractivity contribution in [1.29, 1.82) is 0 Å². The predicted octanol–water partition coefficient (Wildman–Crippen LogP) is 3.36. The van der Waals surface area contributed by atoms with Crippen molar-refractivity contribution in [1.82, 2.24) is 5.32 Å². The lowest BCUT2D eigenvalue weighted by Crippen LogP contribution is -2.29. The number of hydrogen-bond acceptors (Lipinski definition) is 3. The monoisotopic (exact) mass is 277 g/mol. The maximum atomic E-state index is 12.1. The van der Waals surface area contributed by atoms with Gasteiger partial charge in [0.1, 0.15) is 0 Å². The molecule has 0 bridgehead atoms. The van der Waals surface area contributed by atoms with Gasteiger partial charge in [-0.15, -0.1) is 0 Å². The van der Waals surface area contributed by atoms with E-state index in [9.17, 15) is 4.79 Å². The van der Waals surface area contributed by atoms with E-state index < -0.39 is 0 Å². The minimum absolute atomic E-state index is 0.0433. The first-order valence-corrected chi connectivity index (χ1v) is 7.42. The van der Waals surface area contributed by atoms with E-state index >= 15 is 0 Å². The Morgan fingerprint density at radius 1 is 1.30 bits per heavy atom. The molecule has 0 spiro atoms. The van der Waals surface area contributed by atoms with Crippen molar-refractivity contribution in [2.75, 3.05) is 13.3 Å². The van der Waals surface area contributed by atoms with Crippen LogP contribution < -0.4 is 14.8 Å². The zero-order valence-corrected chi connectivity index (χ0v) is 12.3. The Labute approximate surface area is 120 Å². The van der Waals surface area contributed by atoms with Crippen molar-refractivity contribution in [2.45, 2.75) is 39.5 Å². The molecule has 110 valence electrons. The molecule has 1 atom stereocenters. The third kappa shape index (κ3) is 3.65. The summed E-state index contributed by atoms with van der Waals surface area (Å²) in [7, 11) is 0. The Kier molecular flexibility index (Phi) is 5.27. The Morgan fingerprint density at radius 3 is 2.85 bits per heavy atom. The second-order valence-electron chi connectivity index (χ2n) is 5.19. The molecule has 4 nitrogen and oxygen atoms in total. The average Bonchev–Trinajstić information content (AvgIpc) is 2.94. The minimum atomic E-state index is -0.0433. The number of nitrogens with one attached hydrogen (secondary N) is 1. The molecule has 0 aromatic heterocycles. The van der Waals surface area contributed by atoms with Crippen LogP contribution in [0.2, 0.25) is 0 Å². The van der Waals surface area contributed by atoms with Gasteiger partial charge >= 0.3 is 0 Å². The fourth-order valence-corrected chi connectivity index (χ4v) is 2.32. The van der Waals surface area contributed by atoms with Crippen LogP contribution >= 0.6 is 0 Å². The normalized spacial score (nSPS) is 14.1. The second-order valence-corrected chi connectivity index (χ2v) is 5.19. The van der Waals surface area contributed by atoms with E-state index in [1.807, 2.05) is 0 Å². The van der Waals surface area contributed by atoms with Crippen molar-refractivity contribution in [3.63, 3.8) is 0 Å². The second kappa shape index (κ2) is 7.17. The van der Waals surface area contributed by atoms with Crippen LogP contribution in [0, 0.1) is 5.92 Å². The quantitative estimate of drug-likeness (QED) is 0.831. The van der Waals surface area contributed by atoms with Crippen LogP contribution in [0.5, 0.6) is 11.5 Å². The Hall–Kier alpha value is -1.71. The number of unbranched alkanes of at least 4 members (excludes halogenated alkanes) is 1. The van der Waals surface area contributed by atoms with Gasteiger partial charge in [0.05, 0.1) is 0 Å². The Balaban J connectivity index is 1.88. The number of carbonyl (C=O) groups excluding carboxylic acids is 1. The zero-order valence-electron chi connectivity index (χ0n) is 12.3. The molecule has 0 saturated carbocycles. The molecule has 4 heteroatoms. The van der Waals surface area contributed by atoms with Gasteiger partial charge in [0, 0.05) is 12.1 Å². The zero-order chi connectivity index (χ0) is 14.4. The molecule has 0 radical (unpaired) electrons. The summed E-state index contributed by atoms with van der Waals surface area (Å²) in [6.07, 6.45) is 4.70. The fraction of sp³-hybridized carbons (Fsp3) is 0.562. The van der Waals surface area contributed by atoms with Crippen molar-refractivity contribution >= 4 is 5.91 Å². The lowest BCUT2D eigenvalue weighted by Gasteiger charge is -2.15. The smallest absolute Gasteiger partial charge is 0.251 e. The molecule has 0 saturated heterocycles. The van der Waals surface area contributed by atoms with Gasteiger partial charge in [0.2, 0.25) is 6.79 Å². The lowest BCUT2D eigenvalue weighted by atomic mass is 9.99. The predicted molar refractivity (Wildman–Crippen MR) is 78.2 cm³/mol. The number of carbonyl (C=O) groups is 1. The summed E-state index contributed by atoms with van der Waals surface area (Å²) in [4.78, 5) is 12.1. The van der Waals surface area contributed by atoms with Gasteiger partial charge in [-0.1, -0.05) is 33.1 Å². The minimum Gasteiger partial charge on any atom is -0.454 e. The van der Waals surface area contributed by atoms with Gasteiger partial charge < -0.3 is 14.8 Å². The van der Waals surface area contributed by atoms with Crippen molar-refractivity contribution in [3.05, 3.63) is 23.8 Å². The summed E-state index contributed by atoms with van der Waals surface area (Å²) < 4.78 is 10.5. The van der Waals surface area contributed by atoms with E-state index in [-0.39, 0.29) is 12.7 Å². The lowest BCUT2D eigenvalue weighted by molar-refractivity contribution is 0.0945. The van der Waals surface area contributed by atoms with Gasteiger partial charge in [-0.05, 0) is 30.5 Å². The first-order valence-electron chi connectivity index (χ1n) is 7.42. The highest BCUT2D eigenvalue weighted by Gasteiger charge is 2.16. The van der Waals surface area contributed by atoms with E-state index in [0.29, 0.717) is 23.0 Å². The Morgan fingerprint density at radius 2 is 2.10 bits per heavy atom. The number of fused-ring (bicyclic) bond motifs is 1. The van der Waals surface area contributed by atoms with E-state index in [1.165, 1.54) is 19.3 Å². The molecular formula is C16H23NO3. The standard InChI is InChI=1S/C16H23NO3/c1-3-5-6-12(4-2)10-17-16(18)13-7-8-14-15(9-13)20-11-19-14/h7-9,12H,3-6,10-11H2,1-2H3,(H,17,18)/t12-/m0/s1. The van der Waals surface area contributed by atoms with Gasteiger partial charge in [0.25, 0.3) is 5.91 Å². The van der Waals surface area contributed by atoms with Gasteiger partial charge in [-0.25, -0.2) is 0 Å². The molecule has 0 aliphatic carbocycles. The van der Waals surface area contributed by atoms with E-state index in [0.717, 1.165) is 13.0 Å². The van der Waals surface area contributed by atoms with E-state index in [4.69, 9.17) is 9.47 Å².